The molecule has 2 aromatic rings. The summed E-state index contributed by atoms with van der Waals surface area (Å²) in [4.78, 5) is 12.0. The zero-order valence-electron chi connectivity index (χ0n) is 15.3. The summed E-state index contributed by atoms with van der Waals surface area (Å²) >= 11 is 0. The number of carbonyl (C=O) groups is 1. The van der Waals surface area contributed by atoms with Gasteiger partial charge in [-0.1, -0.05) is 13.0 Å². The Bertz CT molecular complexity index is 755. The Kier molecular flexibility index (Phi) is 4.47. The lowest BCUT2D eigenvalue weighted by Crippen LogP contribution is -2.41. The third kappa shape index (κ3) is 3.34. The van der Waals surface area contributed by atoms with E-state index in [-0.39, 0.29) is 0 Å². The van der Waals surface area contributed by atoms with Gasteiger partial charge in [0, 0.05) is 12.4 Å². The van der Waals surface area contributed by atoms with Crippen LogP contribution in [0.5, 0.6) is 5.75 Å². The van der Waals surface area contributed by atoms with Gasteiger partial charge < -0.3 is 14.0 Å². The van der Waals surface area contributed by atoms with Gasteiger partial charge in [-0.2, -0.15) is 9.78 Å². The van der Waals surface area contributed by atoms with E-state index in [9.17, 15) is 4.79 Å². The smallest absolute Gasteiger partial charge is 0.409 e. The van der Waals surface area contributed by atoms with E-state index in [1.807, 2.05) is 46.8 Å². The Balaban J connectivity index is 1.82. The highest BCUT2D eigenvalue weighted by atomic mass is 16.7. The summed E-state index contributed by atoms with van der Waals surface area (Å²) in [6.45, 7) is 10.2. The van der Waals surface area contributed by atoms with Crippen molar-refractivity contribution < 1.29 is 18.8 Å². The number of ether oxygens (including phenoxy) is 1. The van der Waals surface area contributed by atoms with E-state index in [2.05, 4.69) is 5.10 Å². The first-order chi connectivity index (χ1) is 11.7. The van der Waals surface area contributed by atoms with Crippen molar-refractivity contribution in [2.24, 2.45) is 0 Å². The number of nitrogens with zero attached hydrogens (tertiary/aromatic N) is 2. The first-order valence-electron chi connectivity index (χ1n) is 8.44. The van der Waals surface area contributed by atoms with Crippen molar-refractivity contribution in [3.05, 3.63) is 42.2 Å². The molecule has 1 aromatic carbocycles. The molecule has 0 aliphatic carbocycles. The van der Waals surface area contributed by atoms with Crippen molar-refractivity contribution in [2.75, 3.05) is 0 Å². The second kappa shape index (κ2) is 6.31. The van der Waals surface area contributed by atoms with Crippen molar-refractivity contribution in [3.63, 3.8) is 0 Å². The average Bonchev–Trinajstić information content (AvgIpc) is 3.14. The van der Waals surface area contributed by atoms with Crippen LogP contribution in [-0.4, -0.2) is 34.2 Å². The predicted octanol–water partition coefficient (Wildman–Crippen LogP) is 2.79. The second-order valence-electron chi connectivity index (χ2n) is 7.12. The topological polar surface area (TPSA) is 62.6 Å². The van der Waals surface area contributed by atoms with E-state index in [1.165, 1.54) is 6.20 Å². The van der Waals surface area contributed by atoms with Crippen molar-refractivity contribution in [1.29, 1.82) is 0 Å². The molecule has 0 saturated carbocycles. The number of aromatic nitrogens is 2. The van der Waals surface area contributed by atoms with Crippen LogP contribution in [0.25, 0.3) is 0 Å². The highest BCUT2D eigenvalue weighted by Gasteiger charge is 2.52. The molecule has 0 unspecified atom stereocenters. The fourth-order valence-corrected chi connectivity index (χ4v) is 2.68. The molecule has 132 valence electrons. The van der Waals surface area contributed by atoms with Crippen molar-refractivity contribution in [3.8, 4) is 5.75 Å². The largest absolute Gasteiger partial charge is 0.495 e. The maximum absolute atomic E-state index is 12.0. The van der Waals surface area contributed by atoms with Crippen LogP contribution in [-0.2, 0) is 15.7 Å². The zero-order chi connectivity index (χ0) is 18.2. The Morgan fingerprint density at radius 1 is 1.24 bits per heavy atom. The van der Waals surface area contributed by atoms with Gasteiger partial charge in [0.15, 0.2) is 0 Å². The van der Waals surface area contributed by atoms with E-state index in [0.717, 1.165) is 22.1 Å². The summed E-state index contributed by atoms with van der Waals surface area (Å²) in [5.41, 5.74) is 1.19. The standard InChI is InChI=1S/C18H23BN2O4/c1-6-13-12-14(23-16(22)21-11-7-10-20-21)8-9-15(13)19-24-17(2,3)18(4,5)25-19/h7-12H,6H2,1-5H3. The number of rotatable bonds is 3. The summed E-state index contributed by atoms with van der Waals surface area (Å²) in [6.07, 6.45) is 3.30. The second-order valence-corrected chi connectivity index (χ2v) is 7.12. The highest BCUT2D eigenvalue weighted by Crippen LogP contribution is 2.36. The monoisotopic (exact) mass is 342 g/mol. The molecule has 0 N–H and O–H groups in total. The van der Waals surface area contributed by atoms with Crippen molar-refractivity contribution in [1.82, 2.24) is 9.78 Å². The molecule has 0 atom stereocenters. The van der Waals surface area contributed by atoms with Gasteiger partial charge in [0.05, 0.1) is 11.2 Å². The van der Waals surface area contributed by atoms with E-state index in [0.29, 0.717) is 5.75 Å². The molecule has 25 heavy (non-hydrogen) atoms. The molecular weight excluding hydrogens is 319 g/mol. The lowest BCUT2D eigenvalue weighted by Gasteiger charge is -2.32. The molecule has 0 spiro atoms. The van der Waals surface area contributed by atoms with Crippen LogP contribution in [0.2, 0.25) is 0 Å². The van der Waals surface area contributed by atoms with Gasteiger partial charge >= 0.3 is 13.2 Å². The summed E-state index contributed by atoms with van der Waals surface area (Å²) < 4.78 is 18.8. The Hall–Kier alpha value is -2.12. The molecule has 3 rings (SSSR count). The van der Waals surface area contributed by atoms with Crippen LogP contribution in [0.4, 0.5) is 4.79 Å². The van der Waals surface area contributed by atoms with Crippen LogP contribution in [0.3, 0.4) is 0 Å². The molecule has 1 aliphatic heterocycles. The Labute approximate surface area is 148 Å². The van der Waals surface area contributed by atoms with Gasteiger partial charge in [0.25, 0.3) is 0 Å². The number of carbonyl (C=O) groups excluding carboxylic acids is 1. The highest BCUT2D eigenvalue weighted by molar-refractivity contribution is 6.62. The normalized spacial score (nSPS) is 18.4. The molecule has 2 heterocycles. The molecule has 6 nitrogen and oxygen atoms in total. The van der Waals surface area contributed by atoms with Gasteiger partial charge in [-0.05, 0) is 63.3 Å². The number of hydrogen-bond acceptors (Lipinski definition) is 5. The summed E-state index contributed by atoms with van der Waals surface area (Å²) in [7, 11) is -0.434. The molecule has 1 fully saturated rings. The van der Waals surface area contributed by atoms with E-state index >= 15 is 0 Å². The molecule has 0 radical (unpaired) electrons. The fraction of sp³-hybridized carbons (Fsp3) is 0.444. The lowest BCUT2D eigenvalue weighted by molar-refractivity contribution is 0.00578. The van der Waals surface area contributed by atoms with Crippen molar-refractivity contribution in [2.45, 2.75) is 52.2 Å². The van der Waals surface area contributed by atoms with Gasteiger partial charge in [-0.25, -0.2) is 4.79 Å². The minimum Gasteiger partial charge on any atom is -0.409 e. The van der Waals surface area contributed by atoms with Crippen molar-refractivity contribution >= 4 is 18.7 Å². The predicted molar refractivity (Wildman–Crippen MR) is 95.2 cm³/mol. The Morgan fingerprint density at radius 3 is 2.48 bits per heavy atom. The fourth-order valence-electron chi connectivity index (χ4n) is 2.68. The summed E-state index contributed by atoms with van der Waals surface area (Å²) in [5, 5.41) is 3.87. The van der Waals surface area contributed by atoms with Gasteiger partial charge in [-0.3, -0.25) is 0 Å². The summed E-state index contributed by atoms with van der Waals surface area (Å²) in [6, 6.07) is 7.16. The molecule has 0 bridgehead atoms. The first-order valence-corrected chi connectivity index (χ1v) is 8.44. The SMILES string of the molecule is CCc1cc(OC(=O)n2cccn2)ccc1B1OC(C)(C)C(C)(C)O1. The number of hydrogen-bond donors (Lipinski definition) is 0. The maximum atomic E-state index is 12.0. The summed E-state index contributed by atoms with van der Waals surface area (Å²) in [5.74, 6) is 0.470. The molecular formula is C18H23BN2O4. The number of benzene rings is 1. The molecule has 7 heteroatoms. The van der Waals surface area contributed by atoms with E-state index in [1.54, 1.807) is 18.3 Å². The van der Waals surface area contributed by atoms with Crippen LogP contribution in [0, 0.1) is 0 Å². The zero-order valence-corrected chi connectivity index (χ0v) is 15.3. The first kappa shape index (κ1) is 17.7. The van der Waals surface area contributed by atoms with Gasteiger partial charge in [-0.15, -0.1) is 0 Å². The maximum Gasteiger partial charge on any atom is 0.495 e. The van der Waals surface area contributed by atoms with Crippen LogP contribution in [0.15, 0.2) is 36.7 Å². The molecule has 1 aliphatic rings. The average molecular weight is 342 g/mol. The quantitative estimate of drug-likeness (QED) is 0.803. The minimum absolute atomic E-state index is 0.395. The van der Waals surface area contributed by atoms with Gasteiger partial charge in [0.2, 0.25) is 0 Å². The molecule has 1 saturated heterocycles. The molecule has 1 aromatic heterocycles. The van der Waals surface area contributed by atoms with Crippen LogP contribution in [0.1, 0.15) is 40.2 Å². The van der Waals surface area contributed by atoms with E-state index in [4.69, 9.17) is 14.0 Å². The lowest BCUT2D eigenvalue weighted by atomic mass is 9.75. The molecule has 0 amide bonds. The van der Waals surface area contributed by atoms with Gasteiger partial charge in [0.1, 0.15) is 5.75 Å². The Morgan fingerprint density at radius 2 is 1.92 bits per heavy atom. The third-order valence-corrected chi connectivity index (χ3v) is 4.90. The third-order valence-electron chi connectivity index (χ3n) is 4.90. The van der Waals surface area contributed by atoms with E-state index < -0.39 is 24.4 Å². The number of aryl methyl sites for hydroxylation is 1. The minimum atomic E-state index is -0.546. The van der Waals surface area contributed by atoms with Crippen LogP contribution >= 0.6 is 0 Å². The van der Waals surface area contributed by atoms with Crippen LogP contribution < -0.4 is 10.2 Å².